The van der Waals surface area contributed by atoms with Crippen LogP contribution < -0.4 is 0 Å². The zero-order valence-corrected chi connectivity index (χ0v) is 37.5. The molecule has 0 aliphatic rings. The van der Waals surface area contributed by atoms with E-state index >= 15 is 0 Å². The highest BCUT2D eigenvalue weighted by molar-refractivity contribution is 5.79. The van der Waals surface area contributed by atoms with E-state index in [-0.39, 0.29) is 38.4 Å². The lowest BCUT2D eigenvalue weighted by molar-refractivity contribution is -0.152. The van der Waals surface area contributed by atoms with Crippen molar-refractivity contribution in [1.29, 1.82) is 0 Å². The summed E-state index contributed by atoms with van der Waals surface area (Å²) in [4.78, 5) is 42.2. The molecule has 0 bridgehead atoms. The zero-order chi connectivity index (χ0) is 44.6. The number of hydrogen-bond donors (Lipinski definition) is 7. The van der Waals surface area contributed by atoms with Gasteiger partial charge < -0.3 is 45.2 Å². The van der Waals surface area contributed by atoms with Crippen molar-refractivity contribution >= 4 is 23.9 Å². The molecule has 0 rings (SSSR count). The predicted molar refractivity (Wildman–Crippen MR) is 233 cm³/mol. The Hall–Kier alpha value is -2.32. The first-order chi connectivity index (χ1) is 28.4. The summed E-state index contributed by atoms with van der Waals surface area (Å²) in [5, 5.41) is 59.6. The van der Waals surface area contributed by atoms with Crippen molar-refractivity contribution in [1.82, 2.24) is 0 Å². The Morgan fingerprint density at radius 3 is 0.831 bits per heavy atom. The van der Waals surface area contributed by atoms with E-state index in [0.29, 0.717) is 12.8 Å². The van der Waals surface area contributed by atoms with E-state index in [1.165, 1.54) is 167 Å². The van der Waals surface area contributed by atoms with Gasteiger partial charge in [0.25, 0.3) is 0 Å². The fourth-order valence-corrected chi connectivity index (χ4v) is 6.16. The molecule has 13 nitrogen and oxygen atoms in total. The molecule has 0 spiro atoms. The Morgan fingerprint density at radius 1 is 0.407 bits per heavy atom. The smallest absolute Gasteiger partial charge is 0.333 e. The summed E-state index contributed by atoms with van der Waals surface area (Å²) in [5.41, 5.74) is 0. The maximum absolute atomic E-state index is 11.4. The number of carboxylic acids is 2. The predicted octanol–water partition coefficient (Wildman–Crippen LogP) is 9.20. The lowest BCUT2D eigenvalue weighted by Gasteiger charge is -2.08. The largest absolute Gasteiger partial charge is 0.481 e. The van der Waals surface area contributed by atoms with Gasteiger partial charge in [-0.2, -0.15) is 0 Å². The number of aliphatic hydroxyl groups excluding tert-OH is 5. The summed E-state index contributed by atoms with van der Waals surface area (Å²) in [6.07, 6.45) is 35.5. The van der Waals surface area contributed by atoms with Gasteiger partial charge >= 0.3 is 23.9 Å². The molecule has 352 valence electrons. The van der Waals surface area contributed by atoms with Gasteiger partial charge in [-0.15, -0.1) is 0 Å². The molecule has 59 heavy (non-hydrogen) atoms. The molecule has 0 aromatic carbocycles. The first-order valence-corrected chi connectivity index (χ1v) is 23.5. The number of unbranched alkanes of at least 4 members (excludes halogenated alkanes) is 28. The molecule has 0 saturated carbocycles. The van der Waals surface area contributed by atoms with E-state index in [1.54, 1.807) is 0 Å². The van der Waals surface area contributed by atoms with Crippen LogP contribution in [0.25, 0.3) is 0 Å². The first kappa shape index (κ1) is 61.0. The van der Waals surface area contributed by atoms with Crippen LogP contribution in [0.2, 0.25) is 0 Å². The highest BCUT2D eigenvalue weighted by Crippen LogP contribution is 2.15. The minimum absolute atomic E-state index is 0.103. The second-order valence-corrected chi connectivity index (χ2v) is 15.9. The number of aliphatic hydroxyl groups is 5. The summed E-state index contributed by atoms with van der Waals surface area (Å²) < 4.78 is 9.73. The van der Waals surface area contributed by atoms with E-state index in [1.807, 2.05) is 0 Å². The number of carbonyl (C=O) groups is 4. The van der Waals surface area contributed by atoms with Gasteiger partial charge in [0.2, 0.25) is 0 Å². The van der Waals surface area contributed by atoms with Crippen LogP contribution in [0.3, 0.4) is 0 Å². The van der Waals surface area contributed by atoms with Crippen molar-refractivity contribution in [2.24, 2.45) is 0 Å². The third kappa shape index (κ3) is 55.7. The van der Waals surface area contributed by atoms with Crippen LogP contribution in [-0.4, -0.2) is 104 Å². The number of aliphatic carboxylic acids is 2. The molecule has 0 heterocycles. The topological polar surface area (TPSA) is 228 Å². The van der Waals surface area contributed by atoms with Crippen molar-refractivity contribution in [3.63, 3.8) is 0 Å². The van der Waals surface area contributed by atoms with Crippen LogP contribution >= 0.6 is 0 Å². The molecule has 0 aromatic rings. The average molecular weight is 851 g/mol. The summed E-state index contributed by atoms with van der Waals surface area (Å²) in [7, 11) is 0. The molecule has 0 aromatic heterocycles. The summed E-state index contributed by atoms with van der Waals surface area (Å²) in [6, 6.07) is 0. The lowest BCUT2D eigenvalue weighted by atomic mass is 10.0. The second-order valence-electron chi connectivity index (χ2n) is 15.9. The lowest BCUT2D eigenvalue weighted by Crippen LogP contribution is -2.22. The van der Waals surface area contributed by atoms with Crippen molar-refractivity contribution < 1.29 is 64.4 Å². The molecule has 0 saturated heterocycles. The van der Waals surface area contributed by atoms with E-state index in [9.17, 15) is 19.2 Å². The van der Waals surface area contributed by atoms with Crippen molar-refractivity contribution in [2.45, 2.75) is 244 Å². The summed E-state index contributed by atoms with van der Waals surface area (Å²) in [6.45, 7) is 3.59. The fourth-order valence-electron chi connectivity index (χ4n) is 6.16. The van der Waals surface area contributed by atoms with Crippen LogP contribution in [0.15, 0.2) is 0 Å². The maximum Gasteiger partial charge on any atom is 0.333 e. The van der Waals surface area contributed by atoms with Crippen LogP contribution in [0.4, 0.5) is 0 Å². The molecular formula is C46H90O13. The Labute approximate surface area is 358 Å². The molecule has 13 heteroatoms. The Balaban J connectivity index is -0.000000880. The second kappa shape index (κ2) is 50.0. The van der Waals surface area contributed by atoms with Crippen LogP contribution in [0.5, 0.6) is 0 Å². The molecule has 3 atom stereocenters. The molecule has 7 N–H and O–H groups in total. The minimum atomic E-state index is -1.79. The first-order valence-electron chi connectivity index (χ1n) is 23.5. The van der Waals surface area contributed by atoms with Gasteiger partial charge in [0, 0.05) is 12.8 Å². The van der Waals surface area contributed by atoms with Gasteiger partial charge in [-0.25, -0.2) is 4.79 Å². The summed E-state index contributed by atoms with van der Waals surface area (Å²) >= 11 is 0. The zero-order valence-electron chi connectivity index (χ0n) is 37.5. The van der Waals surface area contributed by atoms with Crippen molar-refractivity contribution in [3.8, 4) is 0 Å². The molecule has 0 amide bonds. The molecule has 3 unspecified atom stereocenters. The number of hydrogen-bond acceptors (Lipinski definition) is 11. The van der Waals surface area contributed by atoms with Gasteiger partial charge in [-0.3, -0.25) is 14.4 Å². The van der Waals surface area contributed by atoms with Crippen LogP contribution in [-0.2, 0) is 28.7 Å². The standard InChI is InChI=1S/2C21H42O4.C4H6O5/c2*1-2-3-4-5-6-7-8-9-10-11-12-13-14-15-16-17-21(24)25-19-20(23)18-22;5-2(4(8)9)1-3(6)7/h2*20,22-23H,2-19H2,1H3;2,5H,1H2,(H,6,7)(H,8,9). The SMILES string of the molecule is CCCCCCCCCCCCCCCCCC(=O)OCC(O)CO.CCCCCCCCCCCCCCCCCC(=O)OCC(O)CO.O=C(O)CC(O)C(=O)O. The van der Waals surface area contributed by atoms with E-state index in [2.05, 4.69) is 13.8 Å². The minimum Gasteiger partial charge on any atom is -0.481 e. The van der Waals surface area contributed by atoms with Crippen LogP contribution in [0, 0.1) is 0 Å². The van der Waals surface area contributed by atoms with Crippen LogP contribution in [0.1, 0.15) is 226 Å². The molecule has 0 aliphatic carbocycles. The highest BCUT2D eigenvalue weighted by atomic mass is 16.5. The van der Waals surface area contributed by atoms with Gasteiger partial charge in [-0.1, -0.05) is 194 Å². The van der Waals surface area contributed by atoms with Crippen molar-refractivity contribution in [2.75, 3.05) is 26.4 Å². The Morgan fingerprint density at radius 2 is 0.644 bits per heavy atom. The normalized spacial score (nSPS) is 12.3. The molecule has 0 fully saturated rings. The molecular weight excluding hydrogens is 760 g/mol. The monoisotopic (exact) mass is 851 g/mol. The van der Waals surface area contributed by atoms with E-state index in [4.69, 9.17) is 45.2 Å². The third-order valence-electron chi connectivity index (χ3n) is 9.92. The number of esters is 2. The molecule has 0 radical (unpaired) electrons. The van der Waals surface area contributed by atoms with Crippen molar-refractivity contribution in [3.05, 3.63) is 0 Å². The van der Waals surface area contributed by atoms with E-state index < -0.39 is 36.7 Å². The van der Waals surface area contributed by atoms with Gasteiger partial charge in [-0.05, 0) is 12.8 Å². The average Bonchev–Trinajstić information content (AvgIpc) is 3.21. The number of carbonyl (C=O) groups excluding carboxylic acids is 2. The fraction of sp³-hybridized carbons (Fsp3) is 0.913. The number of rotatable bonds is 41. The Bertz CT molecular complexity index is 861. The van der Waals surface area contributed by atoms with Gasteiger partial charge in [0.05, 0.1) is 19.6 Å². The van der Waals surface area contributed by atoms with Gasteiger partial charge in [0.1, 0.15) is 25.4 Å². The Kier molecular flexibility index (Phi) is 51.7. The highest BCUT2D eigenvalue weighted by Gasteiger charge is 2.16. The summed E-state index contributed by atoms with van der Waals surface area (Å²) in [5.74, 6) is -3.40. The number of ether oxygens (including phenoxy) is 2. The maximum atomic E-state index is 11.4. The van der Waals surface area contributed by atoms with Gasteiger partial charge in [0.15, 0.2) is 6.10 Å². The van der Waals surface area contributed by atoms with E-state index in [0.717, 1.165) is 25.7 Å². The number of carboxylic acid groups (broad SMARTS) is 2. The molecule has 0 aliphatic heterocycles. The quantitative estimate of drug-likeness (QED) is 0.0225. The third-order valence-corrected chi connectivity index (χ3v) is 9.92.